The first-order valence-electron chi connectivity index (χ1n) is 10.1. The molecule has 0 aliphatic carbocycles. The average molecular weight is 459 g/mol. The van der Waals surface area contributed by atoms with Gasteiger partial charge in [0.2, 0.25) is 11.8 Å². The summed E-state index contributed by atoms with van der Waals surface area (Å²) in [7, 11) is 0. The van der Waals surface area contributed by atoms with Crippen molar-refractivity contribution >= 4 is 30.4 Å². The zero-order valence-corrected chi connectivity index (χ0v) is 18.2. The number of para-hydroxylation sites is 1. The van der Waals surface area contributed by atoms with Gasteiger partial charge in [0.15, 0.2) is 0 Å². The molecule has 1 aliphatic rings. The summed E-state index contributed by atoms with van der Waals surface area (Å²) in [6.45, 7) is 0.297. The van der Waals surface area contributed by atoms with Crippen molar-refractivity contribution in [1.82, 2.24) is 10.6 Å². The van der Waals surface area contributed by atoms with Crippen molar-refractivity contribution in [3.63, 3.8) is 0 Å². The molecule has 0 saturated heterocycles. The molecule has 0 saturated carbocycles. The standard InChI is InChI=1S/C22H26N4O5S/c23-16(11-32)22(30)25-17-8-9-31-19-14(17)2-1-3-15(19)21(29)26-18(20(24)28)10-12-4-6-13(27)7-5-12/h1-7,16-18,27,32H,8-11,23H2,(H2,24,28)(H,25,30)(H,26,29)/t16-,17?,18?/m0/s1. The van der Waals surface area contributed by atoms with Gasteiger partial charge in [-0.15, -0.1) is 0 Å². The molecule has 1 aliphatic heterocycles. The van der Waals surface area contributed by atoms with E-state index in [1.54, 1.807) is 30.3 Å². The molecule has 0 aromatic heterocycles. The molecule has 3 atom stereocenters. The van der Waals surface area contributed by atoms with E-state index in [1.165, 1.54) is 12.1 Å². The molecule has 10 heteroatoms. The molecule has 2 aromatic rings. The summed E-state index contributed by atoms with van der Waals surface area (Å²) in [5, 5.41) is 14.9. The van der Waals surface area contributed by atoms with Gasteiger partial charge in [-0.3, -0.25) is 14.4 Å². The van der Waals surface area contributed by atoms with Gasteiger partial charge in [-0.25, -0.2) is 0 Å². The molecule has 7 N–H and O–H groups in total. The fraction of sp³-hybridized carbons (Fsp3) is 0.318. The van der Waals surface area contributed by atoms with Crippen LogP contribution in [-0.4, -0.2) is 47.3 Å². The number of phenols is 1. The van der Waals surface area contributed by atoms with Crippen molar-refractivity contribution in [3.05, 3.63) is 59.2 Å². The first-order chi connectivity index (χ1) is 15.3. The van der Waals surface area contributed by atoms with Gasteiger partial charge in [0.05, 0.1) is 24.3 Å². The summed E-state index contributed by atoms with van der Waals surface area (Å²) in [6, 6.07) is 9.23. The number of carbonyl (C=O) groups is 3. The number of hydrogen-bond donors (Lipinski definition) is 6. The van der Waals surface area contributed by atoms with Crippen LogP contribution in [0.5, 0.6) is 11.5 Å². The van der Waals surface area contributed by atoms with E-state index < -0.39 is 23.9 Å². The van der Waals surface area contributed by atoms with E-state index in [0.717, 1.165) is 5.56 Å². The maximum absolute atomic E-state index is 13.0. The first kappa shape index (κ1) is 23.4. The molecule has 0 fully saturated rings. The zero-order chi connectivity index (χ0) is 23.3. The minimum absolute atomic E-state index is 0.0958. The quantitative estimate of drug-likeness (QED) is 0.315. The molecule has 170 valence electrons. The molecular weight excluding hydrogens is 432 g/mol. The van der Waals surface area contributed by atoms with Crippen molar-refractivity contribution in [1.29, 1.82) is 0 Å². The number of amides is 3. The van der Waals surface area contributed by atoms with Crippen LogP contribution in [0, 0.1) is 0 Å². The molecule has 9 nitrogen and oxygen atoms in total. The van der Waals surface area contributed by atoms with Crippen LogP contribution in [0.4, 0.5) is 0 Å². The zero-order valence-electron chi connectivity index (χ0n) is 17.3. The van der Waals surface area contributed by atoms with Crippen LogP contribution in [-0.2, 0) is 16.0 Å². The predicted octanol–water partition coefficient (Wildman–Crippen LogP) is 0.415. The number of fused-ring (bicyclic) bond motifs is 1. The molecular formula is C22H26N4O5S. The number of rotatable bonds is 8. The van der Waals surface area contributed by atoms with E-state index in [0.29, 0.717) is 24.3 Å². The SMILES string of the molecule is NC(=O)C(Cc1ccc(O)cc1)NC(=O)c1cccc2c1OCCC2NC(=O)[C@@H](N)CS. The van der Waals surface area contributed by atoms with Gasteiger partial charge in [0.25, 0.3) is 5.91 Å². The number of ether oxygens (including phenoxy) is 1. The highest BCUT2D eigenvalue weighted by Crippen LogP contribution is 2.35. The lowest BCUT2D eigenvalue weighted by Crippen LogP contribution is -2.46. The maximum Gasteiger partial charge on any atom is 0.255 e. The Balaban J connectivity index is 1.79. The molecule has 1 heterocycles. The summed E-state index contributed by atoms with van der Waals surface area (Å²) in [4.78, 5) is 37.2. The Hall–Kier alpha value is -3.24. The Labute approximate surface area is 190 Å². The number of carbonyl (C=O) groups excluding carboxylic acids is 3. The van der Waals surface area contributed by atoms with E-state index in [1.807, 2.05) is 0 Å². The normalized spacial score (nSPS) is 16.8. The molecule has 0 bridgehead atoms. The van der Waals surface area contributed by atoms with E-state index >= 15 is 0 Å². The monoisotopic (exact) mass is 458 g/mol. The third kappa shape index (κ3) is 5.51. The highest BCUT2D eigenvalue weighted by molar-refractivity contribution is 7.80. The number of primary amides is 1. The minimum Gasteiger partial charge on any atom is -0.508 e. The second kappa shape index (κ2) is 10.4. The Morgan fingerprint density at radius 1 is 1.19 bits per heavy atom. The van der Waals surface area contributed by atoms with E-state index in [2.05, 4.69) is 23.3 Å². The van der Waals surface area contributed by atoms with E-state index in [4.69, 9.17) is 16.2 Å². The van der Waals surface area contributed by atoms with Gasteiger partial charge in [0.1, 0.15) is 17.5 Å². The van der Waals surface area contributed by atoms with Gasteiger partial charge in [-0.2, -0.15) is 12.6 Å². The van der Waals surface area contributed by atoms with E-state index in [-0.39, 0.29) is 35.4 Å². The predicted molar refractivity (Wildman–Crippen MR) is 122 cm³/mol. The molecule has 32 heavy (non-hydrogen) atoms. The number of hydrogen-bond acceptors (Lipinski definition) is 7. The van der Waals surface area contributed by atoms with Crippen LogP contribution >= 0.6 is 12.6 Å². The second-order valence-electron chi connectivity index (χ2n) is 7.51. The highest BCUT2D eigenvalue weighted by Gasteiger charge is 2.29. The summed E-state index contributed by atoms with van der Waals surface area (Å²) >= 11 is 4.05. The van der Waals surface area contributed by atoms with Crippen LogP contribution in [0.25, 0.3) is 0 Å². The van der Waals surface area contributed by atoms with Crippen molar-refractivity contribution in [2.24, 2.45) is 11.5 Å². The number of benzene rings is 2. The lowest BCUT2D eigenvalue weighted by molar-refractivity contribution is -0.123. The first-order valence-corrected chi connectivity index (χ1v) is 10.7. The summed E-state index contributed by atoms with van der Waals surface area (Å²) in [5.41, 5.74) is 12.8. The summed E-state index contributed by atoms with van der Waals surface area (Å²) < 4.78 is 5.75. The Bertz CT molecular complexity index is 998. The van der Waals surface area contributed by atoms with Gasteiger partial charge in [-0.05, 0) is 23.8 Å². The molecule has 0 spiro atoms. The van der Waals surface area contributed by atoms with Crippen molar-refractivity contribution in [2.45, 2.75) is 31.0 Å². The van der Waals surface area contributed by atoms with Gasteiger partial charge < -0.3 is 31.9 Å². The largest absolute Gasteiger partial charge is 0.508 e. The van der Waals surface area contributed by atoms with Crippen molar-refractivity contribution < 1.29 is 24.2 Å². The lowest BCUT2D eigenvalue weighted by atomic mass is 9.96. The summed E-state index contributed by atoms with van der Waals surface area (Å²) in [6.07, 6.45) is 0.686. The number of phenolic OH excluding ortho intramolecular Hbond substituents is 1. The van der Waals surface area contributed by atoms with Gasteiger partial charge in [-0.1, -0.05) is 24.3 Å². The number of aromatic hydroxyl groups is 1. The van der Waals surface area contributed by atoms with Crippen LogP contribution in [0.15, 0.2) is 42.5 Å². The van der Waals surface area contributed by atoms with Crippen LogP contribution < -0.4 is 26.8 Å². The number of nitrogens with one attached hydrogen (secondary N) is 2. The second-order valence-corrected chi connectivity index (χ2v) is 7.88. The molecule has 0 radical (unpaired) electrons. The third-order valence-corrected chi connectivity index (χ3v) is 5.59. The highest BCUT2D eigenvalue weighted by atomic mass is 32.1. The topological polar surface area (TPSA) is 157 Å². The maximum atomic E-state index is 13.0. The minimum atomic E-state index is -0.963. The Morgan fingerprint density at radius 3 is 2.56 bits per heavy atom. The number of thiol groups is 1. The molecule has 2 aromatic carbocycles. The Kier molecular flexibility index (Phi) is 7.60. The van der Waals surface area contributed by atoms with Gasteiger partial charge in [0, 0.05) is 24.2 Å². The fourth-order valence-electron chi connectivity index (χ4n) is 3.44. The molecule has 2 unspecified atom stereocenters. The number of nitrogens with two attached hydrogens (primary N) is 2. The van der Waals surface area contributed by atoms with Crippen LogP contribution in [0.3, 0.4) is 0 Å². The third-order valence-electron chi connectivity index (χ3n) is 5.19. The fourth-order valence-corrected chi connectivity index (χ4v) is 3.61. The summed E-state index contributed by atoms with van der Waals surface area (Å²) in [5.74, 6) is -0.908. The molecule has 3 amide bonds. The average Bonchev–Trinajstić information content (AvgIpc) is 2.79. The van der Waals surface area contributed by atoms with E-state index in [9.17, 15) is 19.5 Å². The Morgan fingerprint density at radius 2 is 1.91 bits per heavy atom. The molecule has 3 rings (SSSR count). The smallest absolute Gasteiger partial charge is 0.255 e. The lowest BCUT2D eigenvalue weighted by Gasteiger charge is -2.29. The van der Waals surface area contributed by atoms with Crippen LogP contribution in [0.2, 0.25) is 0 Å². The van der Waals surface area contributed by atoms with Crippen molar-refractivity contribution in [2.75, 3.05) is 12.4 Å². The van der Waals surface area contributed by atoms with Crippen molar-refractivity contribution in [3.8, 4) is 11.5 Å². The van der Waals surface area contributed by atoms with Crippen LogP contribution in [0.1, 0.15) is 33.9 Å². The van der Waals surface area contributed by atoms with Gasteiger partial charge >= 0.3 is 0 Å².